The van der Waals surface area contributed by atoms with Gasteiger partial charge in [0.15, 0.2) is 6.61 Å². The van der Waals surface area contributed by atoms with Crippen LogP contribution in [0.3, 0.4) is 0 Å². The van der Waals surface area contributed by atoms with E-state index in [1.165, 1.54) is 10.9 Å². The topological polar surface area (TPSA) is 151 Å². The molecule has 0 radical (unpaired) electrons. The number of aromatic nitrogens is 1. The number of anilines is 1. The molecule has 2 aliphatic rings. The van der Waals surface area contributed by atoms with Crippen LogP contribution in [-0.2, 0) is 32.0 Å². The van der Waals surface area contributed by atoms with Crippen LogP contribution < -0.4 is 10.1 Å². The maximum absolute atomic E-state index is 12.4. The zero-order chi connectivity index (χ0) is 42.1. The molecule has 1 saturated heterocycles. The summed E-state index contributed by atoms with van der Waals surface area (Å²) in [6, 6.07) is 24.9. The SMILES string of the molecule is Cc1ccc(CN2CCC(Nc3cccc4cnccc34)C2)cc1OCC(=O)OCCCOC(=O)CCCC=CCC1C(O)CC(O)C1CCC(O)CCc1ccccc1. The summed E-state index contributed by atoms with van der Waals surface area (Å²) in [7, 11) is 0. The lowest BCUT2D eigenvalue weighted by molar-refractivity contribution is -0.147. The highest BCUT2D eigenvalue weighted by molar-refractivity contribution is 5.93. The van der Waals surface area contributed by atoms with Crippen LogP contribution in [0.25, 0.3) is 10.8 Å². The molecule has 1 aliphatic heterocycles. The fourth-order valence-corrected chi connectivity index (χ4v) is 8.55. The van der Waals surface area contributed by atoms with Crippen LogP contribution in [0.5, 0.6) is 5.75 Å². The van der Waals surface area contributed by atoms with Gasteiger partial charge in [0.1, 0.15) is 5.75 Å². The molecule has 6 rings (SSSR count). The Kier molecular flexibility index (Phi) is 17.3. The Morgan fingerprint density at radius 1 is 0.917 bits per heavy atom. The summed E-state index contributed by atoms with van der Waals surface area (Å²) in [5.74, 6) is -0.216. The third-order valence-electron chi connectivity index (χ3n) is 11.9. The second-order valence-electron chi connectivity index (χ2n) is 16.5. The Morgan fingerprint density at radius 2 is 1.73 bits per heavy atom. The van der Waals surface area contributed by atoms with Crippen LogP contribution in [0.1, 0.15) is 80.9 Å². The van der Waals surface area contributed by atoms with E-state index in [0.29, 0.717) is 63.2 Å². The highest BCUT2D eigenvalue weighted by atomic mass is 16.6. The molecule has 322 valence electrons. The van der Waals surface area contributed by atoms with Gasteiger partial charge in [-0.3, -0.25) is 14.7 Å². The first kappa shape index (κ1) is 44.7. The summed E-state index contributed by atoms with van der Waals surface area (Å²) >= 11 is 0. The zero-order valence-corrected chi connectivity index (χ0v) is 35.0. The van der Waals surface area contributed by atoms with Crippen molar-refractivity contribution in [3.63, 3.8) is 0 Å². The number of fused-ring (bicyclic) bond motifs is 1. The molecule has 0 amide bonds. The minimum Gasteiger partial charge on any atom is -0.482 e. The molecule has 2 heterocycles. The summed E-state index contributed by atoms with van der Waals surface area (Å²) in [6.07, 6.45) is 13.0. The predicted molar refractivity (Wildman–Crippen MR) is 233 cm³/mol. The average Bonchev–Trinajstić information content (AvgIpc) is 3.81. The van der Waals surface area contributed by atoms with Gasteiger partial charge in [-0.05, 0) is 111 Å². The van der Waals surface area contributed by atoms with Crippen molar-refractivity contribution in [2.45, 2.75) is 108 Å². The van der Waals surface area contributed by atoms with Gasteiger partial charge in [0, 0.05) is 67.4 Å². The maximum Gasteiger partial charge on any atom is 0.344 e. The molecule has 1 saturated carbocycles. The normalized spacial score (nSPS) is 21.0. The van der Waals surface area contributed by atoms with Crippen molar-refractivity contribution in [1.82, 2.24) is 9.88 Å². The number of unbranched alkanes of at least 4 members (excludes halogenated alkanes) is 1. The van der Waals surface area contributed by atoms with E-state index in [-0.39, 0.29) is 44.0 Å². The minimum atomic E-state index is -0.567. The lowest BCUT2D eigenvalue weighted by Gasteiger charge is -2.23. The number of aryl methyl sites for hydroxylation is 2. The molecule has 11 heteroatoms. The molecule has 4 N–H and O–H groups in total. The van der Waals surface area contributed by atoms with E-state index < -0.39 is 24.3 Å². The van der Waals surface area contributed by atoms with Gasteiger partial charge in [0.2, 0.25) is 0 Å². The van der Waals surface area contributed by atoms with Gasteiger partial charge in [-0.1, -0.05) is 66.7 Å². The standard InChI is InChI=1S/C49H63N3O8/c1-35-17-18-37(32-52-26-24-39(33-52)51-44-15-9-13-38-31-50-25-23-41(38)44)29-47(35)60-34-49(57)59-28-10-27-58-48(56)16-8-3-2-7-14-42-43(46(55)30-45(42)54)22-21-40(53)20-19-36-11-5-4-6-12-36/h2,4-7,9,11-13,15,17-18,23,25,29,31,39-40,42-43,45-46,51,53-55H,3,8,10,14,16,19-22,24,26-28,30,32-34H2,1H3. The third kappa shape index (κ3) is 13.9. The number of hydrogen-bond donors (Lipinski definition) is 4. The lowest BCUT2D eigenvalue weighted by Crippen LogP contribution is -2.26. The highest BCUT2D eigenvalue weighted by Crippen LogP contribution is 2.38. The number of aliphatic hydroxyl groups excluding tert-OH is 3. The van der Waals surface area contributed by atoms with Crippen molar-refractivity contribution in [1.29, 1.82) is 0 Å². The number of ether oxygens (including phenoxy) is 3. The number of allylic oxidation sites excluding steroid dienone is 2. The second kappa shape index (κ2) is 23.3. The van der Waals surface area contributed by atoms with Crippen molar-refractivity contribution in [3.05, 3.63) is 114 Å². The van der Waals surface area contributed by atoms with Crippen molar-refractivity contribution < 1.29 is 39.1 Å². The van der Waals surface area contributed by atoms with Gasteiger partial charge < -0.3 is 34.8 Å². The molecule has 0 spiro atoms. The molecule has 6 atom stereocenters. The van der Waals surface area contributed by atoms with Crippen molar-refractivity contribution in [3.8, 4) is 5.75 Å². The predicted octanol–water partition coefficient (Wildman–Crippen LogP) is 7.33. The molecular formula is C49H63N3O8. The largest absolute Gasteiger partial charge is 0.482 e. The third-order valence-corrected chi connectivity index (χ3v) is 11.9. The van der Waals surface area contributed by atoms with Gasteiger partial charge in [0.25, 0.3) is 0 Å². The summed E-state index contributed by atoms with van der Waals surface area (Å²) in [6.45, 7) is 4.75. The molecule has 4 aromatic rings. The monoisotopic (exact) mass is 821 g/mol. The van der Waals surface area contributed by atoms with E-state index in [0.717, 1.165) is 54.7 Å². The van der Waals surface area contributed by atoms with Crippen molar-refractivity contribution in [2.75, 3.05) is 38.2 Å². The number of carbonyl (C=O) groups excluding carboxylic acids is 2. The number of esters is 2. The fraction of sp³-hybridized carbons (Fsp3) is 0.490. The van der Waals surface area contributed by atoms with E-state index in [4.69, 9.17) is 14.2 Å². The number of nitrogens with one attached hydrogen (secondary N) is 1. The van der Waals surface area contributed by atoms with Crippen LogP contribution in [0, 0.1) is 18.8 Å². The number of hydrogen-bond acceptors (Lipinski definition) is 11. The average molecular weight is 822 g/mol. The van der Waals surface area contributed by atoms with E-state index in [2.05, 4.69) is 57.7 Å². The Bertz CT molecular complexity index is 1970. The molecular weight excluding hydrogens is 759 g/mol. The Balaban J connectivity index is 0.795. The summed E-state index contributed by atoms with van der Waals surface area (Å²) in [5.41, 5.74) is 4.40. The van der Waals surface area contributed by atoms with Crippen LogP contribution in [-0.4, -0.2) is 94.4 Å². The van der Waals surface area contributed by atoms with Crippen molar-refractivity contribution >= 4 is 28.4 Å². The quantitative estimate of drug-likeness (QED) is 0.0338. The number of benzene rings is 3. The number of nitrogens with zero attached hydrogens (tertiary/aromatic N) is 2. The smallest absolute Gasteiger partial charge is 0.344 e. The Hall–Kier alpha value is -4.81. The van der Waals surface area contributed by atoms with Gasteiger partial charge >= 0.3 is 11.9 Å². The van der Waals surface area contributed by atoms with Gasteiger partial charge in [-0.2, -0.15) is 0 Å². The Morgan fingerprint density at radius 3 is 2.58 bits per heavy atom. The molecule has 0 bridgehead atoms. The van der Waals surface area contributed by atoms with Gasteiger partial charge in [-0.15, -0.1) is 0 Å². The van der Waals surface area contributed by atoms with Crippen LogP contribution >= 0.6 is 0 Å². The van der Waals surface area contributed by atoms with E-state index in [1.807, 2.05) is 61.8 Å². The van der Waals surface area contributed by atoms with Gasteiger partial charge in [-0.25, -0.2) is 4.79 Å². The second-order valence-corrected chi connectivity index (χ2v) is 16.5. The first-order valence-electron chi connectivity index (χ1n) is 21.8. The maximum atomic E-state index is 12.4. The minimum absolute atomic E-state index is 0.0528. The molecule has 1 aliphatic carbocycles. The molecule has 3 aromatic carbocycles. The fourth-order valence-electron chi connectivity index (χ4n) is 8.55. The van der Waals surface area contributed by atoms with Crippen LogP contribution in [0.2, 0.25) is 0 Å². The number of pyridine rings is 1. The first-order chi connectivity index (χ1) is 29.2. The summed E-state index contributed by atoms with van der Waals surface area (Å²) in [4.78, 5) is 31.4. The highest BCUT2D eigenvalue weighted by Gasteiger charge is 2.40. The summed E-state index contributed by atoms with van der Waals surface area (Å²) in [5, 5.41) is 37.8. The molecule has 6 unspecified atom stereocenters. The molecule has 60 heavy (non-hydrogen) atoms. The first-order valence-corrected chi connectivity index (χ1v) is 21.8. The molecule has 1 aromatic heterocycles. The van der Waals surface area contributed by atoms with E-state index >= 15 is 0 Å². The summed E-state index contributed by atoms with van der Waals surface area (Å²) < 4.78 is 16.5. The van der Waals surface area contributed by atoms with E-state index in [9.17, 15) is 24.9 Å². The Labute approximate surface area is 354 Å². The number of likely N-dealkylation sites (tertiary alicyclic amines) is 1. The van der Waals surface area contributed by atoms with Crippen LogP contribution in [0.4, 0.5) is 5.69 Å². The van der Waals surface area contributed by atoms with Crippen molar-refractivity contribution in [2.24, 2.45) is 11.8 Å². The zero-order valence-electron chi connectivity index (χ0n) is 35.0. The van der Waals surface area contributed by atoms with Crippen LogP contribution in [0.15, 0.2) is 97.3 Å². The molecule has 2 fully saturated rings. The number of rotatable bonds is 23. The number of aliphatic hydroxyl groups is 3. The molecule has 11 nitrogen and oxygen atoms in total. The lowest BCUT2D eigenvalue weighted by atomic mass is 9.85. The van der Waals surface area contributed by atoms with E-state index in [1.54, 1.807) is 0 Å². The van der Waals surface area contributed by atoms with Gasteiger partial charge in [0.05, 0.1) is 31.5 Å². The number of carbonyl (C=O) groups is 2.